The number of carbonyl (C=O) groups excluding carboxylic acids is 1. The molecule has 0 aliphatic carbocycles. The average Bonchev–Trinajstić information content (AvgIpc) is 2.94. The van der Waals surface area contributed by atoms with Crippen LogP contribution in [0.4, 0.5) is 5.82 Å². The minimum Gasteiger partial charge on any atom is -0.463 e. The van der Waals surface area contributed by atoms with E-state index in [0.29, 0.717) is 12.2 Å². The van der Waals surface area contributed by atoms with E-state index in [0.717, 1.165) is 27.1 Å². The van der Waals surface area contributed by atoms with Gasteiger partial charge in [-0.15, -0.1) is 0 Å². The fourth-order valence-electron chi connectivity index (χ4n) is 2.75. The number of anilines is 1. The van der Waals surface area contributed by atoms with Gasteiger partial charge in [0.05, 0.1) is 18.4 Å². The molecule has 0 saturated carbocycles. The topological polar surface area (TPSA) is 67.0 Å². The number of benzene rings is 1. The summed E-state index contributed by atoms with van der Waals surface area (Å²) in [4.78, 5) is 12.5. The minimum absolute atomic E-state index is 0.218. The Hall–Kier alpha value is -2.08. The smallest absolute Gasteiger partial charge is 0.336 e. The van der Waals surface area contributed by atoms with Gasteiger partial charge >= 0.3 is 5.97 Å². The summed E-state index contributed by atoms with van der Waals surface area (Å²) in [7, 11) is 0. The monoisotopic (exact) mass is 361 g/mol. The van der Waals surface area contributed by atoms with E-state index in [4.69, 9.17) is 4.74 Å². The van der Waals surface area contributed by atoms with E-state index in [1.165, 1.54) is 0 Å². The lowest BCUT2D eigenvalue weighted by Crippen LogP contribution is -2.24. The minimum atomic E-state index is -0.305. The van der Waals surface area contributed by atoms with Crippen LogP contribution in [0.2, 0.25) is 0 Å². The van der Waals surface area contributed by atoms with Crippen LogP contribution in [-0.2, 0) is 9.53 Å². The molecular formula is C16H16BrN3O2. The number of H-pyrrole nitrogens is 1. The Morgan fingerprint density at radius 1 is 1.36 bits per heavy atom. The van der Waals surface area contributed by atoms with Gasteiger partial charge in [0.1, 0.15) is 5.82 Å². The molecule has 1 unspecified atom stereocenters. The number of carbonyl (C=O) groups is 1. The predicted molar refractivity (Wildman–Crippen MR) is 87.5 cm³/mol. The van der Waals surface area contributed by atoms with Crippen molar-refractivity contribution in [3.63, 3.8) is 0 Å². The van der Waals surface area contributed by atoms with Crippen LogP contribution < -0.4 is 5.32 Å². The predicted octanol–water partition coefficient (Wildman–Crippen LogP) is 3.57. The highest BCUT2D eigenvalue weighted by atomic mass is 79.9. The maximum absolute atomic E-state index is 12.5. The molecule has 0 bridgehead atoms. The third-order valence-electron chi connectivity index (χ3n) is 3.70. The third-order valence-corrected chi connectivity index (χ3v) is 4.42. The second-order valence-corrected chi connectivity index (χ2v) is 5.89. The van der Waals surface area contributed by atoms with Gasteiger partial charge in [0.15, 0.2) is 0 Å². The van der Waals surface area contributed by atoms with E-state index in [1.807, 2.05) is 31.2 Å². The first-order valence-corrected chi connectivity index (χ1v) is 7.85. The number of aromatic nitrogens is 2. The normalized spacial score (nSPS) is 17.0. The number of hydrogen-bond acceptors (Lipinski definition) is 4. The van der Waals surface area contributed by atoms with Gasteiger partial charge in [-0.3, -0.25) is 5.10 Å². The quantitative estimate of drug-likeness (QED) is 0.820. The van der Waals surface area contributed by atoms with E-state index in [2.05, 4.69) is 31.4 Å². The Bertz CT molecular complexity index is 751. The van der Waals surface area contributed by atoms with Gasteiger partial charge in [-0.05, 0) is 25.5 Å². The molecule has 3 rings (SSSR count). The summed E-state index contributed by atoms with van der Waals surface area (Å²) < 4.78 is 6.20. The fourth-order valence-corrected chi connectivity index (χ4v) is 3.27. The van der Waals surface area contributed by atoms with Crippen molar-refractivity contribution in [1.29, 1.82) is 0 Å². The van der Waals surface area contributed by atoms with E-state index in [1.54, 1.807) is 13.1 Å². The standard InChI is InChI=1S/C16H16BrN3O2/c1-3-22-16(21)13-9(2)19-15-11(8-18-20-15)14(13)10-6-4-5-7-12(10)17/h4-8,14H,3H2,1-2H3,(H2,18,19,20). The molecule has 22 heavy (non-hydrogen) atoms. The molecule has 2 N–H and O–H groups in total. The lowest BCUT2D eigenvalue weighted by molar-refractivity contribution is -0.138. The van der Waals surface area contributed by atoms with E-state index < -0.39 is 0 Å². The number of aromatic amines is 1. The lowest BCUT2D eigenvalue weighted by atomic mass is 9.83. The molecule has 0 amide bonds. The number of allylic oxidation sites excluding steroid dienone is 1. The van der Waals surface area contributed by atoms with Crippen LogP contribution in [-0.4, -0.2) is 22.8 Å². The van der Waals surface area contributed by atoms with Crippen molar-refractivity contribution in [1.82, 2.24) is 10.2 Å². The Balaban J connectivity index is 2.18. The molecule has 1 aromatic carbocycles. The van der Waals surface area contributed by atoms with Crippen molar-refractivity contribution < 1.29 is 9.53 Å². The molecule has 1 aliphatic rings. The maximum atomic E-state index is 12.5. The average molecular weight is 362 g/mol. The molecule has 2 aromatic rings. The number of fused-ring (bicyclic) bond motifs is 1. The van der Waals surface area contributed by atoms with Gasteiger partial charge in [-0.1, -0.05) is 34.1 Å². The second kappa shape index (κ2) is 5.96. The molecule has 1 atom stereocenters. The van der Waals surface area contributed by atoms with E-state index in [9.17, 15) is 4.79 Å². The van der Waals surface area contributed by atoms with Crippen molar-refractivity contribution >= 4 is 27.7 Å². The van der Waals surface area contributed by atoms with Gasteiger partial charge in [0, 0.05) is 21.7 Å². The summed E-state index contributed by atoms with van der Waals surface area (Å²) in [6.07, 6.45) is 1.75. The molecule has 2 heterocycles. The molecule has 1 aromatic heterocycles. The second-order valence-electron chi connectivity index (χ2n) is 5.04. The zero-order valence-corrected chi connectivity index (χ0v) is 13.9. The van der Waals surface area contributed by atoms with Crippen molar-refractivity contribution in [3.05, 3.63) is 57.3 Å². The summed E-state index contributed by atoms with van der Waals surface area (Å²) in [6.45, 7) is 4.02. The van der Waals surface area contributed by atoms with Crippen LogP contribution in [0.5, 0.6) is 0 Å². The molecule has 0 saturated heterocycles. The highest BCUT2D eigenvalue weighted by Crippen LogP contribution is 2.43. The number of esters is 1. The molecule has 6 heteroatoms. The van der Waals surface area contributed by atoms with Gasteiger partial charge in [-0.2, -0.15) is 5.10 Å². The zero-order chi connectivity index (χ0) is 15.7. The highest BCUT2D eigenvalue weighted by Gasteiger charge is 2.35. The Morgan fingerprint density at radius 3 is 2.86 bits per heavy atom. The molecule has 1 aliphatic heterocycles. The molecule has 0 spiro atoms. The van der Waals surface area contributed by atoms with Crippen LogP contribution in [0.25, 0.3) is 0 Å². The summed E-state index contributed by atoms with van der Waals surface area (Å²) >= 11 is 3.58. The van der Waals surface area contributed by atoms with Crippen LogP contribution >= 0.6 is 15.9 Å². The molecule has 5 nitrogen and oxygen atoms in total. The fraction of sp³-hybridized carbons (Fsp3) is 0.250. The number of hydrogen-bond donors (Lipinski definition) is 2. The van der Waals surface area contributed by atoms with E-state index >= 15 is 0 Å². The summed E-state index contributed by atoms with van der Waals surface area (Å²) in [6, 6.07) is 7.88. The van der Waals surface area contributed by atoms with Crippen LogP contribution in [0.3, 0.4) is 0 Å². The van der Waals surface area contributed by atoms with Gasteiger partial charge < -0.3 is 10.1 Å². The third kappa shape index (κ3) is 2.43. The summed E-state index contributed by atoms with van der Waals surface area (Å²) in [5.41, 5.74) is 3.33. The first kappa shape index (κ1) is 14.8. The molecule has 0 radical (unpaired) electrons. The van der Waals surface area contributed by atoms with Gasteiger partial charge in [0.2, 0.25) is 0 Å². The number of halogens is 1. The first-order valence-electron chi connectivity index (χ1n) is 7.06. The van der Waals surface area contributed by atoms with Gasteiger partial charge in [-0.25, -0.2) is 4.79 Å². The van der Waals surface area contributed by atoms with Gasteiger partial charge in [0.25, 0.3) is 0 Å². The SMILES string of the molecule is CCOC(=O)C1=C(C)Nc2[nH]ncc2C1c1ccccc1Br. The molecule has 0 fully saturated rings. The molecule has 114 valence electrons. The zero-order valence-electron chi connectivity index (χ0n) is 12.3. The van der Waals surface area contributed by atoms with E-state index in [-0.39, 0.29) is 11.9 Å². The lowest BCUT2D eigenvalue weighted by Gasteiger charge is -2.27. The van der Waals surface area contributed by atoms with Crippen LogP contribution in [0, 0.1) is 0 Å². The number of nitrogens with one attached hydrogen (secondary N) is 2. The molecular weight excluding hydrogens is 346 g/mol. The number of rotatable bonds is 3. The summed E-state index contributed by atoms with van der Waals surface area (Å²) in [5.74, 6) is 0.288. The largest absolute Gasteiger partial charge is 0.463 e. The highest BCUT2D eigenvalue weighted by molar-refractivity contribution is 9.10. The Morgan fingerprint density at radius 2 is 2.14 bits per heavy atom. The Labute approximate surface area is 136 Å². The van der Waals surface area contributed by atoms with Crippen molar-refractivity contribution in [2.75, 3.05) is 11.9 Å². The van der Waals surface area contributed by atoms with Crippen molar-refractivity contribution in [2.24, 2.45) is 0 Å². The number of nitrogens with zero attached hydrogens (tertiary/aromatic N) is 1. The first-order chi connectivity index (χ1) is 10.6. The summed E-state index contributed by atoms with van der Waals surface area (Å²) in [5, 5.41) is 10.2. The number of ether oxygens (including phenoxy) is 1. The van der Waals surface area contributed by atoms with Crippen LogP contribution in [0.1, 0.15) is 30.9 Å². The maximum Gasteiger partial charge on any atom is 0.336 e. The van der Waals surface area contributed by atoms with Crippen molar-refractivity contribution in [3.8, 4) is 0 Å². The Kier molecular flexibility index (Phi) is 4.02. The van der Waals surface area contributed by atoms with Crippen molar-refractivity contribution in [2.45, 2.75) is 19.8 Å². The van der Waals surface area contributed by atoms with Crippen LogP contribution in [0.15, 0.2) is 46.2 Å².